The summed E-state index contributed by atoms with van der Waals surface area (Å²) in [4.78, 5) is 4.76. The zero-order valence-corrected chi connectivity index (χ0v) is 31.7. The largest absolute Gasteiger partial charge is 0.310 e. The van der Waals surface area contributed by atoms with Gasteiger partial charge in [0.1, 0.15) is 0 Å². The minimum Gasteiger partial charge on any atom is -0.310 e. The van der Waals surface area contributed by atoms with Gasteiger partial charge in [0.05, 0.1) is 0 Å². The molecule has 0 fully saturated rings. The van der Waals surface area contributed by atoms with Crippen LogP contribution < -0.4 is 9.80 Å². The molecule has 9 rings (SSSR count). The van der Waals surface area contributed by atoms with Crippen LogP contribution in [0.2, 0.25) is 0 Å². The maximum atomic E-state index is 2.45. The fourth-order valence-corrected chi connectivity index (χ4v) is 9.31. The number of thiophene rings is 1. The Kier molecular flexibility index (Phi) is 8.20. The molecular weight excluding hydrogens is 661 g/mol. The summed E-state index contributed by atoms with van der Waals surface area (Å²) in [5.41, 5.74) is 12.6. The van der Waals surface area contributed by atoms with Gasteiger partial charge in [0.25, 0.3) is 0 Å². The van der Waals surface area contributed by atoms with Gasteiger partial charge in [-0.05, 0) is 131 Å². The van der Waals surface area contributed by atoms with Crippen molar-refractivity contribution < 1.29 is 0 Å². The molecule has 1 aromatic heterocycles. The van der Waals surface area contributed by atoms with Crippen molar-refractivity contribution in [3.63, 3.8) is 0 Å². The highest BCUT2D eigenvalue weighted by atomic mass is 32.1. The predicted molar refractivity (Wildman–Crippen MR) is 229 cm³/mol. The maximum absolute atomic E-state index is 2.45. The van der Waals surface area contributed by atoms with Crippen molar-refractivity contribution in [2.24, 2.45) is 0 Å². The van der Waals surface area contributed by atoms with E-state index in [1.807, 2.05) is 11.3 Å². The maximum Gasteiger partial charge on any atom is 0.0468 e. The van der Waals surface area contributed by atoms with Crippen LogP contribution in [-0.2, 0) is 10.8 Å². The van der Waals surface area contributed by atoms with Crippen LogP contribution in [0.4, 0.5) is 34.1 Å². The van der Waals surface area contributed by atoms with Crippen molar-refractivity contribution in [2.75, 3.05) is 9.80 Å². The number of fused-ring (bicyclic) bond motifs is 4. The van der Waals surface area contributed by atoms with Crippen LogP contribution in [0, 0.1) is 0 Å². The van der Waals surface area contributed by atoms with Gasteiger partial charge < -0.3 is 9.80 Å². The number of rotatable bonds is 7. The Labute approximate surface area is 317 Å². The Morgan fingerprint density at radius 2 is 0.811 bits per heavy atom. The van der Waals surface area contributed by atoms with Crippen molar-refractivity contribution in [1.82, 2.24) is 0 Å². The van der Waals surface area contributed by atoms with Crippen LogP contribution in [0.1, 0.15) is 51.7 Å². The minimum atomic E-state index is 0.139. The van der Waals surface area contributed by atoms with E-state index in [0.717, 1.165) is 28.4 Å². The van der Waals surface area contributed by atoms with Gasteiger partial charge in [0.15, 0.2) is 0 Å². The smallest absolute Gasteiger partial charge is 0.0468 e. The van der Waals surface area contributed by atoms with E-state index in [2.05, 4.69) is 207 Å². The van der Waals surface area contributed by atoms with Crippen molar-refractivity contribution in [3.8, 4) is 11.1 Å². The second-order valence-corrected chi connectivity index (χ2v) is 16.8. The molecular formula is C50H44N2S. The Morgan fingerprint density at radius 1 is 0.377 bits per heavy atom. The first-order valence-corrected chi connectivity index (χ1v) is 19.5. The number of hydrogen-bond donors (Lipinski definition) is 0. The predicted octanol–water partition coefficient (Wildman–Crippen LogP) is 15.0. The van der Waals surface area contributed by atoms with E-state index in [1.54, 1.807) is 0 Å². The summed E-state index contributed by atoms with van der Waals surface area (Å²) in [5, 5.41) is 2.61. The van der Waals surface area contributed by atoms with Crippen LogP contribution in [0.25, 0.3) is 31.3 Å². The first kappa shape index (κ1) is 33.2. The Bertz CT molecular complexity index is 2550. The lowest BCUT2D eigenvalue weighted by molar-refractivity contribution is 0.332. The molecule has 0 amide bonds. The van der Waals surface area contributed by atoms with Crippen LogP contribution in [0.5, 0.6) is 0 Å². The average molecular weight is 705 g/mol. The number of para-hydroxylation sites is 2. The van der Waals surface area contributed by atoms with Crippen LogP contribution >= 0.6 is 11.3 Å². The molecule has 0 bridgehead atoms. The highest BCUT2D eigenvalue weighted by Gasteiger charge is 2.37. The molecule has 2 nitrogen and oxygen atoms in total. The summed E-state index contributed by atoms with van der Waals surface area (Å²) >= 11 is 1.86. The molecule has 0 spiro atoms. The van der Waals surface area contributed by atoms with E-state index in [-0.39, 0.29) is 10.8 Å². The molecule has 260 valence electrons. The summed E-state index contributed by atoms with van der Waals surface area (Å²) in [5.74, 6) is 0. The molecule has 1 aliphatic rings. The summed E-state index contributed by atoms with van der Waals surface area (Å²) in [7, 11) is 0. The van der Waals surface area contributed by atoms with Gasteiger partial charge >= 0.3 is 0 Å². The zero-order chi connectivity index (χ0) is 36.2. The Balaban J connectivity index is 1.06. The summed E-state index contributed by atoms with van der Waals surface area (Å²) < 4.78 is 2.64. The van der Waals surface area contributed by atoms with Crippen molar-refractivity contribution >= 4 is 65.6 Å². The fraction of sp³-hybridized carbons (Fsp3) is 0.160. The lowest BCUT2D eigenvalue weighted by Crippen LogP contribution is -2.34. The molecule has 1 heterocycles. The normalized spacial score (nSPS) is 14.6. The highest BCUT2D eigenvalue weighted by Crippen LogP contribution is 2.48. The van der Waals surface area contributed by atoms with E-state index in [4.69, 9.17) is 0 Å². The number of nitrogens with zero attached hydrogens (tertiary/aromatic N) is 2. The summed E-state index contributed by atoms with van der Waals surface area (Å²) in [6.07, 6.45) is 2.41. The van der Waals surface area contributed by atoms with Crippen LogP contribution in [0.15, 0.2) is 170 Å². The highest BCUT2D eigenvalue weighted by molar-refractivity contribution is 7.25. The molecule has 0 aliphatic heterocycles. The SMILES string of the molecule is CC1(C)CCC(C)(C)c2cc(N(c3ccccc3)c3ccc(-c4ccc(N(c5ccccc5)c5ccc6sc7ccccc7c6c5)cc4)cc3)ccc21. The quantitative estimate of drug-likeness (QED) is 0.163. The molecule has 0 N–H and O–H groups in total. The standard InChI is InChI=1S/C50H44N2S/c1-49(2)31-32-50(3,4)46-34-42(27-29-45(46)49)52(38-15-9-6-10-16-38)40-25-21-36(22-26-40)35-19-23-39(24-20-35)51(37-13-7-5-8-14-37)41-28-30-48-44(33-41)43-17-11-12-18-47(43)53-48/h5-30,33-34H,31-32H2,1-4H3. The van der Waals surface area contributed by atoms with Crippen molar-refractivity contribution in [1.29, 1.82) is 0 Å². The van der Waals surface area contributed by atoms with Gasteiger partial charge in [-0.3, -0.25) is 0 Å². The first-order chi connectivity index (χ1) is 25.7. The molecule has 0 saturated carbocycles. The van der Waals surface area contributed by atoms with Gasteiger partial charge in [-0.2, -0.15) is 0 Å². The zero-order valence-electron chi connectivity index (χ0n) is 30.9. The second-order valence-electron chi connectivity index (χ2n) is 15.7. The third-order valence-corrected chi connectivity index (χ3v) is 12.5. The third kappa shape index (κ3) is 6.09. The molecule has 0 saturated heterocycles. The van der Waals surface area contributed by atoms with Gasteiger partial charge in [0.2, 0.25) is 0 Å². The molecule has 53 heavy (non-hydrogen) atoms. The van der Waals surface area contributed by atoms with Gasteiger partial charge in [-0.25, -0.2) is 0 Å². The van der Waals surface area contributed by atoms with E-state index in [9.17, 15) is 0 Å². The van der Waals surface area contributed by atoms with Gasteiger partial charge in [-0.15, -0.1) is 11.3 Å². The topological polar surface area (TPSA) is 6.48 Å². The first-order valence-electron chi connectivity index (χ1n) is 18.7. The molecule has 3 heteroatoms. The molecule has 0 radical (unpaired) electrons. The number of hydrogen-bond acceptors (Lipinski definition) is 3. The van der Waals surface area contributed by atoms with E-state index in [1.165, 1.54) is 61.0 Å². The Morgan fingerprint density at radius 3 is 1.40 bits per heavy atom. The van der Waals surface area contributed by atoms with Crippen LogP contribution in [0.3, 0.4) is 0 Å². The number of anilines is 6. The molecule has 7 aromatic carbocycles. The van der Waals surface area contributed by atoms with Gasteiger partial charge in [-0.1, -0.05) is 113 Å². The average Bonchev–Trinajstić information content (AvgIpc) is 3.57. The number of benzene rings is 7. The second kappa shape index (κ2) is 13.1. The van der Waals surface area contributed by atoms with E-state index < -0.39 is 0 Å². The molecule has 1 aliphatic carbocycles. The fourth-order valence-electron chi connectivity index (χ4n) is 8.22. The Hall–Kier alpha value is -5.64. The third-order valence-electron chi connectivity index (χ3n) is 11.3. The van der Waals surface area contributed by atoms with Gasteiger partial charge in [0, 0.05) is 54.3 Å². The lowest BCUT2D eigenvalue weighted by atomic mass is 9.63. The van der Waals surface area contributed by atoms with Crippen LogP contribution in [-0.4, -0.2) is 0 Å². The van der Waals surface area contributed by atoms with E-state index >= 15 is 0 Å². The minimum absolute atomic E-state index is 0.139. The van der Waals surface area contributed by atoms with E-state index in [0.29, 0.717) is 0 Å². The summed E-state index contributed by atoms with van der Waals surface area (Å²) in [6, 6.07) is 62.2. The lowest BCUT2D eigenvalue weighted by Gasteiger charge is -2.42. The van der Waals surface area contributed by atoms with Crippen molar-refractivity contribution in [2.45, 2.75) is 51.4 Å². The summed E-state index contributed by atoms with van der Waals surface area (Å²) in [6.45, 7) is 9.60. The monoisotopic (exact) mass is 704 g/mol. The molecule has 0 unspecified atom stereocenters. The molecule has 0 atom stereocenters. The molecule has 8 aromatic rings. The van der Waals surface area contributed by atoms with Crippen molar-refractivity contribution in [3.05, 3.63) is 181 Å².